The lowest BCUT2D eigenvalue weighted by Gasteiger charge is -2.20. The number of ether oxygens (including phenoxy) is 1. The molecule has 1 aliphatic rings. The fraction of sp³-hybridized carbons (Fsp3) is 0.600. The number of benzene rings is 1. The molecule has 1 fully saturated rings. The van der Waals surface area contributed by atoms with Gasteiger partial charge in [0.15, 0.2) is 5.96 Å². The smallest absolute Gasteiger partial charge is 0.225 e. The molecule has 1 aromatic rings. The minimum absolute atomic E-state index is 0.0524. The van der Waals surface area contributed by atoms with Crippen molar-refractivity contribution in [3.8, 4) is 5.75 Å². The number of amides is 1. The van der Waals surface area contributed by atoms with Crippen LogP contribution in [0.5, 0.6) is 5.75 Å². The van der Waals surface area contributed by atoms with Crippen LogP contribution < -0.4 is 15.4 Å². The molecule has 1 heterocycles. The van der Waals surface area contributed by atoms with Gasteiger partial charge < -0.3 is 20.3 Å². The Balaban J connectivity index is 1.79. The van der Waals surface area contributed by atoms with E-state index in [0.717, 1.165) is 44.2 Å². The molecule has 0 saturated carbocycles. The molecule has 6 heteroatoms. The molecular weight excluding hydrogens is 328 g/mol. The molecule has 1 unspecified atom stereocenters. The van der Waals surface area contributed by atoms with Crippen LogP contribution in [-0.4, -0.2) is 56.1 Å². The summed E-state index contributed by atoms with van der Waals surface area (Å²) in [4.78, 5) is 18.3. The molecule has 0 spiro atoms. The topological polar surface area (TPSA) is 66.0 Å². The molecule has 0 bridgehead atoms. The highest BCUT2D eigenvalue weighted by atomic mass is 16.5. The Morgan fingerprint density at radius 3 is 2.85 bits per heavy atom. The van der Waals surface area contributed by atoms with Gasteiger partial charge in [-0.05, 0) is 31.4 Å². The molecule has 1 atom stereocenters. The Hall–Kier alpha value is -2.24. The van der Waals surface area contributed by atoms with Crippen molar-refractivity contribution in [1.82, 2.24) is 15.5 Å². The highest BCUT2D eigenvalue weighted by Gasteiger charge is 2.27. The molecule has 1 aromatic carbocycles. The maximum Gasteiger partial charge on any atom is 0.225 e. The first-order chi connectivity index (χ1) is 12.5. The molecule has 2 rings (SSSR count). The van der Waals surface area contributed by atoms with Crippen molar-refractivity contribution < 1.29 is 9.53 Å². The minimum Gasteiger partial charge on any atom is -0.494 e. The molecule has 1 amide bonds. The van der Waals surface area contributed by atoms with Crippen molar-refractivity contribution in [1.29, 1.82) is 0 Å². The van der Waals surface area contributed by atoms with Crippen LogP contribution in [0.2, 0.25) is 0 Å². The summed E-state index contributed by atoms with van der Waals surface area (Å²) in [6, 6.07) is 8.37. The van der Waals surface area contributed by atoms with Crippen LogP contribution in [0.25, 0.3) is 0 Å². The van der Waals surface area contributed by atoms with Crippen LogP contribution in [0.4, 0.5) is 0 Å². The Labute approximate surface area is 157 Å². The first kappa shape index (κ1) is 20.1. The average molecular weight is 361 g/mol. The molecule has 0 aromatic heterocycles. The Morgan fingerprint density at radius 2 is 2.15 bits per heavy atom. The predicted octanol–water partition coefficient (Wildman–Crippen LogP) is 2.05. The highest BCUT2D eigenvalue weighted by molar-refractivity contribution is 5.81. The Morgan fingerprint density at radius 1 is 1.38 bits per heavy atom. The van der Waals surface area contributed by atoms with Crippen molar-refractivity contribution >= 4 is 11.9 Å². The van der Waals surface area contributed by atoms with Gasteiger partial charge in [-0.15, -0.1) is 0 Å². The molecule has 2 N–H and O–H groups in total. The van der Waals surface area contributed by atoms with E-state index < -0.39 is 0 Å². The number of para-hydroxylation sites is 1. The van der Waals surface area contributed by atoms with Crippen molar-refractivity contribution in [3.63, 3.8) is 0 Å². The molecule has 0 aliphatic carbocycles. The standard InChI is InChI=1S/C20H32N4O2/c1-5-26-18-9-7-6-8-16(18)10-12-22-20(21-4)23-17-11-13-24(14-17)19(25)15(2)3/h6-9,15,17H,5,10-14H2,1-4H3,(H2,21,22,23). The van der Waals surface area contributed by atoms with Crippen molar-refractivity contribution in [2.45, 2.75) is 39.7 Å². The van der Waals surface area contributed by atoms with Gasteiger partial charge in [0.05, 0.1) is 6.61 Å². The van der Waals surface area contributed by atoms with Crippen LogP contribution >= 0.6 is 0 Å². The zero-order valence-electron chi connectivity index (χ0n) is 16.4. The Kier molecular flexibility index (Phi) is 7.75. The normalized spacial score (nSPS) is 17.5. The monoisotopic (exact) mass is 360 g/mol. The van der Waals surface area contributed by atoms with Crippen LogP contribution in [0, 0.1) is 5.92 Å². The van der Waals surface area contributed by atoms with Gasteiger partial charge >= 0.3 is 0 Å². The van der Waals surface area contributed by atoms with E-state index >= 15 is 0 Å². The molecule has 6 nitrogen and oxygen atoms in total. The summed E-state index contributed by atoms with van der Waals surface area (Å²) in [5, 5.41) is 6.79. The van der Waals surface area contributed by atoms with E-state index in [1.165, 1.54) is 5.56 Å². The van der Waals surface area contributed by atoms with Crippen LogP contribution in [0.3, 0.4) is 0 Å². The molecule has 26 heavy (non-hydrogen) atoms. The second-order valence-electron chi connectivity index (χ2n) is 6.86. The minimum atomic E-state index is 0.0524. The van der Waals surface area contributed by atoms with Gasteiger partial charge in [-0.1, -0.05) is 32.0 Å². The number of hydrogen-bond donors (Lipinski definition) is 2. The summed E-state index contributed by atoms with van der Waals surface area (Å²) >= 11 is 0. The zero-order chi connectivity index (χ0) is 18.9. The molecule has 1 saturated heterocycles. The quantitative estimate of drug-likeness (QED) is 0.577. The number of nitrogens with one attached hydrogen (secondary N) is 2. The van der Waals surface area contributed by atoms with E-state index in [2.05, 4.69) is 21.7 Å². The van der Waals surface area contributed by atoms with Crippen molar-refractivity contribution in [3.05, 3.63) is 29.8 Å². The Bertz CT molecular complexity index is 616. The van der Waals surface area contributed by atoms with Gasteiger partial charge in [0.1, 0.15) is 5.75 Å². The van der Waals surface area contributed by atoms with Gasteiger partial charge in [-0.25, -0.2) is 0 Å². The van der Waals surface area contributed by atoms with E-state index in [-0.39, 0.29) is 17.9 Å². The van der Waals surface area contributed by atoms with E-state index in [9.17, 15) is 4.79 Å². The SMILES string of the molecule is CCOc1ccccc1CCNC(=NC)NC1CCN(C(=O)C(C)C)C1. The number of nitrogens with zero attached hydrogens (tertiary/aromatic N) is 2. The maximum atomic E-state index is 12.1. The van der Waals surface area contributed by atoms with E-state index in [0.29, 0.717) is 6.61 Å². The first-order valence-electron chi connectivity index (χ1n) is 9.51. The first-order valence-corrected chi connectivity index (χ1v) is 9.51. The lowest BCUT2D eigenvalue weighted by Crippen LogP contribution is -2.45. The summed E-state index contributed by atoms with van der Waals surface area (Å²) < 4.78 is 5.67. The van der Waals surface area contributed by atoms with Crippen LogP contribution in [0.15, 0.2) is 29.3 Å². The van der Waals surface area contributed by atoms with E-state index in [4.69, 9.17) is 4.74 Å². The van der Waals surface area contributed by atoms with Gasteiger partial charge in [-0.3, -0.25) is 9.79 Å². The number of rotatable bonds is 7. The number of carbonyl (C=O) groups excluding carboxylic acids is 1. The summed E-state index contributed by atoms with van der Waals surface area (Å²) in [5.74, 6) is 2.00. The van der Waals surface area contributed by atoms with Crippen LogP contribution in [0.1, 0.15) is 32.8 Å². The molecule has 144 valence electrons. The third kappa shape index (κ3) is 5.64. The largest absolute Gasteiger partial charge is 0.494 e. The average Bonchev–Trinajstić information content (AvgIpc) is 3.10. The third-order valence-electron chi connectivity index (χ3n) is 4.52. The summed E-state index contributed by atoms with van der Waals surface area (Å²) in [6.45, 7) is 8.88. The maximum absolute atomic E-state index is 12.1. The number of likely N-dealkylation sites (tertiary alicyclic amines) is 1. The third-order valence-corrected chi connectivity index (χ3v) is 4.52. The second-order valence-corrected chi connectivity index (χ2v) is 6.86. The summed E-state index contributed by atoms with van der Waals surface area (Å²) in [5.41, 5.74) is 1.19. The predicted molar refractivity (Wildman–Crippen MR) is 106 cm³/mol. The fourth-order valence-corrected chi connectivity index (χ4v) is 3.15. The number of carbonyl (C=O) groups is 1. The van der Waals surface area contributed by atoms with Gasteiger partial charge in [0, 0.05) is 38.6 Å². The highest BCUT2D eigenvalue weighted by Crippen LogP contribution is 2.18. The molecule has 0 radical (unpaired) electrons. The fourth-order valence-electron chi connectivity index (χ4n) is 3.15. The lowest BCUT2D eigenvalue weighted by atomic mass is 10.1. The van der Waals surface area contributed by atoms with Gasteiger partial charge in [0.2, 0.25) is 5.91 Å². The number of guanidine groups is 1. The number of aliphatic imine (C=N–C) groups is 1. The van der Waals surface area contributed by atoms with Gasteiger partial charge in [-0.2, -0.15) is 0 Å². The number of hydrogen-bond acceptors (Lipinski definition) is 3. The molecular formula is C20H32N4O2. The lowest BCUT2D eigenvalue weighted by molar-refractivity contribution is -0.133. The zero-order valence-corrected chi connectivity index (χ0v) is 16.4. The summed E-state index contributed by atoms with van der Waals surface area (Å²) in [7, 11) is 1.77. The van der Waals surface area contributed by atoms with E-state index in [1.807, 2.05) is 43.9 Å². The van der Waals surface area contributed by atoms with Crippen molar-refractivity contribution in [2.24, 2.45) is 10.9 Å². The second kappa shape index (κ2) is 10.0. The van der Waals surface area contributed by atoms with Crippen LogP contribution in [-0.2, 0) is 11.2 Å². The summed E-state index contributed by atoms with van der Waals surface area (Å²) in [6.07, 6.45) is 1.81. The van der Waals surface area contributed by atoms with E-state index in [1.54, 1.807) is 7.05 Å². The van der Waals surface area contributed by atoms with Crippen molar-refractivity contribution in [2.75, 3.05) is 33.3 Å². The molecule has 1 aliphatic heterocycles. The van der Waals surface area contributed by atoms with Gasteiger partial charge in [0.25, 0.3) is 0 Å².